The summed E-state index contributed by atoms with van der Waals surface area (Å²) >= 11 is 0. The van der Waals surface area contributed by atoms with Crippen molar-refractivity contribution in [2.24, 2.45) is 10.7 Å². The molecule has 0 saturated carbocycles. The molecule has 5 nitrogen and oxygen atoms in total. The number of halogens is 2. The smallest absolute Gasteiger partial charge is 0.189 e. The Morgan fingerprint density at radius 1 is 1.42 bits per heavy atom. The van der Waals surface area contributed by atoms with Crippen molar-refractivity contribution in [1.29, 1.82) is 0 Å². The van der Waals surface area contributed by atoms with Crippen molar-refractivity contribution >= 4 is 29.9 Å². The molecule has 0 aliphatic carbocycles. The summed E-state index contributed by atoms with van der Waals surface area (Å²) in [6.45, 7) is 6.48. The van der Waals surface area contributed by atoms with E-state index in [4.69, 9.17) is 10.5 Å². The zero-order chi connectivity index (χ0) is 16.7. The third kappa shape index (κ3) is 6.53. The minimum Gasteiger partial charge on any atom is -0.453 e. The van der Waals surface area contributed by atoms with Gasteiger partial charge in [-0.1, -0.05) is 18.2 Å². The lowest BCUT2D eigenvalue weighted by Gasteiger charge is -2.08. The summed E-state index contributed by atoms with van der Waals surface area (Å²) in [5, 5.41) is 2.91. The van der Waals surface area contributed by atoms with Gasteiger partial charge in [0.2, 0.25) is 0 Å². The van der Waals surface area contributed by atoms with Crippen LogP contribution in [0.25, 0.3) is 0 Å². The lowest BCUT2D eigenvalue weighted by molar-refractivity contribution is 0.440. The number of guanidine groups is 1. The summed E-state index contributed by atoms with van der Waals surface area (Å²) in [6.07, 6.45) is 3.14. The molecule has 0 radical (unpaired) electrons. The van der Waals surface area contributed by atoms with Crippen LogP contribution in [0.5, 0.6) is 11.5 Å². The van der Waals surface area contributed by atoms with Crippen LogP contribution in [0.4, 0.5) is 4.39 Å². The van der Waals surface area contributed by atoms with E-state index in [1.54, 1.807) is 30.5 Å². The summed E-state index contributed by atoms with van der Waals surface area (Å²) in [6, 6.07) is 8.10. The first kappa shape index (κ1) is 19.9. The van der Waals surface area contributed by atoms with Crippen LogP contribution in [0, 0.1) is 5.82 Å². The number of rotatable bonds is 6. The Morgan fingerprint density at radius 3 is 2.83 bits per heavy atom. The van der Waals surface area contributed by atoms with Gasteiger partial charge >= 0.3 is 0 Å². The van der Waals surface area contributed by atoms with Gasteiger partial charge in [0, 0.05) is 12.7 Å². The molecule has 0 saturated heterocycles. The Balaban J connectivity index is 0.00000288. The average molecular weight is 442 g/mol. The molecule has 128 valence electrons. The Kier molecular flexibility index (Phi) is 8.17. The topological polar surface area (TPSA) is 72.5 Å². The van der Waals surface area contributed by atoms with Crippen molar-refractivity contribution in [3.63, 3.8) is 0 Å². The summed E-state index contributed by atoms with van der Waals surface area (Å²) in [5.41, 5.74) is 7.36. The minimum absolute atomic E-state index is 0. The van der Waals surface area contributed by atoms with Gasteiger partial charge in [-0.05, 0) is 36.8 Å². The molecule has 0 atom stereocenters. The fourth-order valence-electron chi connectivity index (χ4n) is 1.73. The maximum atomic E-state index is 14.1. The number of benzene rings is 1. The van der Waals surface area contributed by atoms with Crippen molar-refractivity contribution in [3.8, 4) is 11.5 Å². The SMILES string of the molecule is C=C(C)CNC(N)=NCc1ccc(Oc2cccnc2)c(F)c1.I. The Hall–Kier alpha value is -2.16. The van der Waals surface area contributed by atoms with Crippen molar-refractivity contribution < 1.29 is 9.13 Å². The number of nitrogens with zero attached hydrogens (tertiary/aromatic N) is 2. The number of nitrogens with one attached hydrogen (secondary N) is 1. The predicted molar refractivity (Wildman–Crippen MR) is 104 cm³/mol. The van der Waals surface area contributed by atoms with E-state index < -0.39 is 5.82 Å². The third-order valence-corrected chi connectivity index (χ3v) is 2.86. The zero-order valence-electron chi connectivity index (χ0n) is 13.3. The minimum atomic E-state index is -0.463. The van der Waals surface area contributed by atoms with Crippen LogP contribution in [0.1, 0.15) is 12.5 Å². The number of nitrogens with two attached hydrogens (primary N) is 1. The first-order chi connectivity index (χ1) is 11.0. The van der Waals surface area contributed by atoms with Crippen molar-refractivity contribution in [1.82, 2.24) is 10.3 Å². The molecule has 0 amide bonds. The Bertz CT molecular complexity index is 707. The summed E-state index contributed by atoms with van der Waals surface area (Å²) in [4.78, 5) is 8.06. The fraction of sp³-hybridized carbons (Fsp3) is 0.176. The van der Waals surface area contributed by atoms with Gasteiger partial charge in [-0.2, -0.15) is 0 Å². The molecule has 0 aliphatic rings. The molecule has 0 aliphatic heterocycles. The molecule has 1 aromatic carbocycles. The molecule has 3 N–H and O–H groups in total. The quantitative estimate of drug-likeness (QED) is 0.310. The van der Waals surface area contributed by atoms with E-state index in [1.807, 2.05) is 6.92 Å². The molecule has 0 spiro atoms. The van der Waals surface area contributed by atoms with Crippen LogP contribution in [0.2, 0.25) is 0 Å². The van der Waals surface area contributed by atoms with E-state index >= 15 is 0 Å². The number of aliphatic imine (C=N–C) groups is 1. The van der Waals surface area contributed by atoms with Crippen LogP contribution >= 0.6 is 24.0 Å². The van der Waals surface area contributed by atoms with Crippen molar-refractivity contribution in [2.45, 2.75) is 13.5 Å². The predicted octanol–water partition coefficient (Wildman–Crippen LogP) is 3.61. The molecule has 2 aromatic rings. The first-order valence-electron chi connectivity index (χ1n) is 7.09. The lowest BCUT2D eigenvalue weighted by atomic mass is 10.2. The van der Waals surface area contributed by atoms with Gasteiger partial charge in [-0.15, -0.1) is 24.0 Å². The molecule has 0 fully saturated rings. The molecule has 0 unspecified atom stereocenters. The second kappa shape index (κ2) is 9.86. The average Bonchev–Trinajstić information content (AvgIpc) is 2.54. The maximum Gasteiger partial charge on any atom is 0.189 e. The number of aromatic nitrogens is 1. The van der Waals surface area contributed by atoms with Crippen LogP contribution in [0.3, 0.4) is 0 Å². The van der Waals surface area contributed by atoms with Crippen molar-refractivity contribution in [3.05, 3.63) is 66.3 Å². The van der Waals surface area contributed by atoms with E-state index in [9.17, 15) is 4.39 Å². The van der Waals surface area contributed by atoms with Crippen LogP contribution < -0.4 is 15.8 Å². The van der Waals surface area contributed by atoms with E-state index in [-0.39, 0.29) is 36.3 Å². The van der Waals surface area contributed by atoms with Gasteiger partial charge in [0.25, 0.3) is 0 Å². The van der Waals surface area contributed by atoms with Crippen LogP contribution in [-0.4, -0.2) is 17.5 Å². The number of hydrogen-bond acceptors (Lipinski definition) is 3. The standard InChI is InChI=1S/C17H19FN4O.HI/c1-12(2)9-21-17(19)22-10-13-5-6-16(15(18)8-13)23-14-4-3-7-20-11-14;/h3-8,11H,1,9-10H2,2H3,(H3,19,21,22);1H. The second-order valence-corrected chi connectivity index (χ2v) is 5.07. The number of hydrogen-bond donors (Lipinski definition) is 2. The molecule has 2 rings (SSSR count). The number of pyridine rings is 1. The summed E-state index contributed by atoms with van der Waals surface area (Å²) < 4.78 is 19.5. The monoisotopic (exact) mass is 442 g/mol. The second-order valence-electron chi connectivity index (χ2n) is 5.07. The van der Waals surface area contributed by atoms with Gasteiger partial charge in [0.05, 0.1) is 12.7 Å². The fourth-order valence-corrected chi connectivity index (χ4v) is 1.73. The van der Waals surface area contributed by atoms with Crippen LogP contribution in [-0.2, 0) is 6.54 Å². The molecule has 1 aromatic heterocycles. The van der Waals surface area contributed by atoms with Gasteiger partial charge in [-0.25, -0.2) is 9.38 Å². The molecular weight excluding hydrogens is 422 g/mol. The highest BCUT2D eigenvalue weighted by Gasteiger charge is 2.06. The van der Waals surface area contributed by atoms with Crippen molar-refractivity contribution in [2.75, 3.05) is 6.54 Å². The normalized spacial score (nSPS) is 10.7. The molecule has 1 heterocycles. The molecule has 7 heteroatoms. The van der Waals surface area contributed by atoms with Gasteiger partial charge in [0.1, 0.15) is 5.75 Å². The van der Waals surface area contributed by atoms with E-state index in [0.29, 0.717) is 23.8 Å². The van der Waals surface area contributed by atoms with Crippen LogP contribution in [0.15, 0.2) is 59.9 Å². The maximum absolute atomic E-state index is 14.1. The Morgan fingerprint density at radius 2 is 2.21 bits per heavy atom. The molecule has 24 heavy (non-hydrogen) atoms. The lowest BCUT2D eigenvalue weighted by Crippen LogP contribution is -2.32. The van der Waals surface area contributed by atoms with Gasteiger partial charge in [0.15, 0.2) is 17.5 Å². The van der Waals surface area contributed by atoms with E-state index in [1.165, 1.54) is 12.3 Å². The number of ether oxygens (including phenoxy) is 1. The highest BCUT2D eigenvalue weighted by molar-refractivity contribution is 14.0. The van der Waals surface area contributed by atoms with Gasteiger partial charge in [-0.3, -0.25) is 4.98 Å². The van der Waals surface area contributed by atoms with E-state index in [2.05, 4.69) is 21.9 Å². The third-order valence-electron chi connectivity index (χ3n) is 2.86. The first-order valence-corrected chi connectivity index (χ1v) is 7.09. The van der Waals surface area contributed by atoms with Gasteiger partial charge < -0.3 is 15.8 Å². The van der Waals surface area contributed by atoms with E-state index in [0.717, 1.165) is 5.57 Å². The highest BCUT2D eigenvalue weighted by atomic mass is 127. The summed E-state index contributed by atoms with van der Waals surface area (Å²) in [7, 11) is 0. The molecule has 0 bridgehead atoms. The summed E-state index contributed by atoms with van der Waals surface area (Å²) in [5.74, 6) is 0.448. The zero-order valence-corrected chi connectivity index (χ0v) is 15.7. The Labute approximate surface area is 157 Å². The highest BCUT2D eigenvalue weighted by Crippen LogP contribution is 2.24. The largest absolute Gasteiger partial charge is 0.453 e. The molecular formula is C17H20FIN4O.